The molecule has 0 spiro atoms. The van der Waals surface area contributed by atoms with E-state index in [-0.39, 0.29) is 37.0 Å². The van der Waals surface area contributed by atoms with Gasteiger partial charge in [0.2, 0.25) is 0 Å². The van der Waals surface area contributed by atoms with E-state index in [4.69, 9.17) is 14.2 Å². The number of esters is 2. The normalized spacial score (nSPS) is 13.3. The van der Waals surface area contributed by atoms with E-state index in [0.717, 1.165) is 51.4 Å². The van der Waals surface area contributed by atoms with Crippen molar-refractivity contribution in [2.75, 3.05) is 26.4 Å². The molecule has 0 aliphatic rings. The largest absolute Gasteiger partial charge is 0.463 e. The summed E-state index contributed by atoms with van der Waals surface area (Å²) >= 11 is 0. The molecule has 0 aromatic rings. The fourth-order valence-electron chi connectivity index (χ4n) is 2.62. The zero-order chi connectivity index (χ0) is 18.9. The number of hydrogen-bond acceptors (Lipinski definition) is 5. The van der Waals surface area contributed by atoms with Crippen molar-refractivity contribution in [2.24, 2.45) is 11.8 Å². The number of rotatable bonds is 16. The Hall–Kier alpha value is -1.10. The lowest BCUT2D eigenvalue weighted by Gasteiger charge is -2.14. The Balaban J connectivity index is 3.71. The van der Waals surface area contributed by atoms with Crippen LogP contribution in [0.3, 0.4) is 0 Å². The predicted octanol–water partition coefficient (Wildman–Crippen LogP) is 4.52. The van der Waals surface area contributed by atoms with Crippen LogP contribution in [0.15, 0.2) is 0 Å². The molecule has 0 radical (unpaired) electrons. The Kier molecular flexibility index (Phi) is 15.7. The first-order chi connectivity index (χ1) is 12.1. The summed E-state index contributed by atoms with van der Waals surface area (Å²) < 4.78 is 15.9. The molecule has 0 heterocycles. The third-order valence-corrected chi connectivity index (χ3v) is 4.41. The van der Waals surface area contributed by atoms with Crippen molar-refractivity contribution in [3.8, 4) is 0 Å². The van der Waals surface area contributed by atoms with E-state index < -0.39 is 0 Å². The second kappa shape index (κ2) is 16.4. The minimum absolute atomic E-state index is 0.00463. The molecule has 148 valence electrons. The number of hydrogen-bond donors (Lipinski definition) is 0. The van der Waals surface area contributed by atoms with Gasteiger partial charge >= 0.3 is 11.9 Å². The van der Waals surface area contributed by atoms with E-state index in [1.165, 1.54) is 0 Å². The van der Waals surface area contributed by atoms with E-state index >= 15 is 0 Å². The molecule has 0 bridgehead atoms. The van der Waals surface area contributed by atoms with Crippen molar-refractivity contribution in [2.45, 2.75) is 79.1 Å². The van der Waals surface area contributed by atoms with Gasteiger partial charge in [0.25, 0.3) is 0 Å². The summed E-state index contributed by atoms with van der Waals surface area (Å²) in [7, 11) is 0. The minimum Gasteiger partial charge on any atom is -0.463 e. The molecule has 0 rings (SSSR count). The van der Waals surface area contributed by atoms with Crippen molar-refractivity contribution in [3.63, 3.8) is 0 Å². The van der Waals surface area contributed by atoms with Crippen LogP contribution in [0.25, 0.3) is 0 Å². The molecule has 0 amide bonds. The monoisotopic (exact) mass is 358 g/mol. The van der Waals surface area contributed by atoms with Gasteiger partial charge in [0.1, 0.15) is 13.2 Å². The van der Waals surface area contributed by atoms with E-state index in [1.54, 1.807) is 0 Å². The zero-order valence-electron chi connectivity index (χ0n) is 16.7. The van der Waals surface area contributed by atoms with Crippen molar-refractivity contribution < 1.29 is 23.8 Å². The molecule has 0 aromatic heterocycles. The minimum atomic E-state index is -0.132. The standard InChI is InChI=1S/C20H38O5/c1-5-9-11-17(7-3)19(21)24-15-13-23-14-16-25-20(22)18(8-4)12-10-6-2/h17-18H,5-16H2,1-4H3. The van der Waals surface area contributed by atoms with Crippen LogP contribution in [0.1, 0.15) is 79.1 Å². The predicted molar refractivity (Wildman–Crippen MR) is 99.3 cm³/mol. The molecule has 25 heavy (non-hydrogen) atoms. The highest BCUT2D eigenvalue weighted by atomic mass is 16.6. The second-order valence-electron chi connectivity index (χ2n) is 6.44. The van der Waals surface area contributed by atoms with Crippen LogP contribution in [0.4, 0.5) is 0 Å². The van der Waals surface area contributed by atoms with Gasteiger partial charge < -0.3 is 14.2 Å². The maximum absolute atomic E-state index is 11.9. The summed E-state index contributed by atoms with van der Waals surface area (Å²) in [5.74, 6) is -0.273. The van der Waals surface area contributed by atoms with Crippen molar-refractivity contribution in [1.29, 1.82) is 0 Å². The summed E-state index contributed by atoms with van der Waals surface area (Å²) in [4.78, 5) is 23.8. The summed E-state index contributed by atoms with van der Waals surface area (Å²) in [6, 6.07) is 0. The first kappa shape index (κ1) is 23.9. The Bertz CT molecular complexity index is 311. The number of ether oxygens (including phenoxy) is 3. The lowest BCUT2D eigenvalue weighted by molar-refractivity contribution is -0.152. The topological polar surface area (TPSA) is 61.8 Å². The molecule has 0 saturated heterocycles. The first-order valence-corrected chi connectivity index (χ1v) is 10.0. The average molecular weight is 359 g/mol. The van der Waals surface area contributed by atoms with Crippen molar-refractivity contribution >= 4 is 11.9 Å². The third kappa shape index (κ3) is 12.0. The molecular weight excluding hydrogens is 320 g/mol. The number of unbranched alkanes of at least 4 members (excludes halogenated alkanes) is 2. The van der Waals surface area contributed by atoms with E-state index in [0.29, 0.717) is 13.2 Å². The first-order valence-electron chi connectivity index (χ1n) is 10.0. The SMILES string of the molecule is CCCCC(CC)C(=O)OCCOCCOC(=O)C(CC)CCCC. The van der Waals surface area contributed by atoms with E-state index in [9.17, 15) is 9.59 Å². The van der Waals surface area contributed by atoms with Crippen molar-refractivity contribution in [1.82, 2.24) is 0 Å². The van der Waals surface area contributed by atoms with E-state index in [1.807, 2.05) is 13.8 Å². The Morgan fingerprint density at radius 3 is 1.40 bits per heavy atom. The van der Waals surface area contributed by atoms with Gasteiger partial charge in [0, 0.05) is 0 Å². The highest BCUT2D eigenvalue weighted by Gasteiger charge is 2.18. The third-order valence-electron chi connectivity index (χ3n) is 4.41. The molecule has 2 atom stereocenters. The molecule has 0 saturated carbocycles. The van der Waals surface area contributed by atoms with Gasteiger partial charge in [-0.1, -0.05) is 53.4 Å². The molecule has 2 unspecified atom stereocenters. The lowest BCUT2D eigenvalue weighted by Crippen LogP contribution is -2.21. The molecule has 0 aliphatic heterocycles. The molecule has 0 N–H and O–H groups in total. The summed E-state index contributed by atoms with van der Waals surface area (Å²) in [6.45, 7) is 9.43. The fraction of sp³-hybridized carbons (Fsp3) is 0.900. The highest BCUT2D eigenvalue weighted by molar-refractivity contribution is 5.72. The molecule has 0 aliphatic carbocycles. The highest BCUT2D eigenvalue weighted by Crippen LogP contribution is 2.15. The van der Waals surface area contributed by atoms with Crippen LogP contribution >= 0.6 is 0 Å². The van der Waals surface area contributed by atoms with Gasteiger partial charge in [-0.3, -0.25) is 9.59 Å². The molecule has 5 heteroatoms. The van der Waals surface area contributed by atoms with Gasteiger partial charge in [0.15, 0.2) is 0 Å². The maximum Gasteiger partial charge on any atom is 0.308 e. The van der Waals surface area contributed by atoms with Gasteiger partial charge in [-0.2, -0.15) is 0 Å². The molecule has 0 aromatic carbocycles. The number of carbonyl (C=O) groups is 2. The smallest absolute Gasteiger partial charge is 0.308 e. The quantitative estimate of drug-likeness (QED) is 0.300. The lowest BCUT2D eigenvalue weighted by atomic mass is 10.00. The van der Waals surface area contributed by atoms with E-state index in [2.05, 4.69) is 13.8 Å². The van der Waals surface area contributed by atoms with Gasteiger partial charge in [0.05, 0.1) is 25.0 Å². The van der Waals surface area contributed by atoms with Gasteiger partial charge in [-0.25, -0.2) is 0 Å². The fourth-order valence-corrected chi connectivity index (χ4v) is 2.62. The molecule has 0 fully saturated rings. The Labute approximate surface area is 153 Å². The Morgan fingerprint density at radius 2 is 1.08 bits per heavy atom. The van der Waals surface area contributed by atoms with Crippen LogP contribution in [0.5, 0.6) is 0 Å². The van der Waals surface area contributed by atoms with Gasteiger partial charge in [-0.15, -0.1) is 0 Å². The number of carbonyl (C=O) groups excluding carboxylic acids is 2. The second-order valence-corrected chi connectivity index (χ2v) is 6.44. The van der Waals surface area contributed by atoms with Crippen LogP contribution in [-0.4, -0.2) is 38.4 Å². The summed E-state index contributed by atoms with van der Waals surface area (Å²) in [5.41, 5.74) is 0. The van der Waals surface area contributed by atoms with Crippen LogP contribution in [0, 0.1) is 11.8 Å². The van der Waals surface area contributed by atoms with Crippen LogP contribution in [-0.2, 0) is 23.8 Å². The molecular formula is C20H38O5. The van der Waals surface area contributed by atoms with Crippen LogP contribution in [0.2, 0.25) is 0 Å². The maximum atomic E-state index is 11.9. The van der Waals surface area contributed by atoms with Crippen LogP contribution < -0.4 is 0 Å². The molecule has 5 nitrogen and oxygen atoms in total. The van der Waals surface area contributed by atoms with Crippen molar-refractivity contribution in [3.05, 3.63) is 0 Å². The average Bonchev–Trinajstić information content (AvgIpc) is 2.62. The summed E-state index contributed by atoms with van der Waals surface area (Å²) in [5, 5.41) is 0. The van der Waals surface area contributed by atoms with Gasteiger partial charge in [-0.05, 0) is 25.7 Å². The summed E-state index contributed by atoms with van der Waals surface area (Å²) in [6.07, 6.45) is 7.67. The zero-order valence-corrected chi connectivity index (χ0v) is 16.7. The Morgan fingerprint density at radius 1 is 0.680 bits per heavy atom.